The minimum atomic E-state index is -3.76. The Hall–Kier alpha value is -2.88. The quantitative estimate of drug-likeness (QED) is 0.458. The molecule has 0 saturated carbocycles. The lowest BCUT2D eigenvalue weighted by molar-refractivity contribution is 0.319. The van der Waals surface area contributed by atoms with Gasteiger partial charge in [-0.05, 0) is 44.2 Å². The lowest BCUT2D eigenvalue weighted by Crippen LogP contribution is -2.49. The number of aromatic nitrogens is 2. The molecule has 10 heteroatoms. The van der Waals surface area contributed by atoms with Crippen molar-refractivity contribution in [3.8, 4) is 22.8 Å². The van der Waals surface area contributed by atoms with Crippen molar-refractivity contribution in [1.82, 2.24) is 14.5 Å². The van der Waals surface area contributed by atoms with Crippen LogP contribution in [0.25, 0.3) is 11.3 Å². The molecule has 1 fully saturated rings. The molecular formula is C24H27ClN4O4S. The Balaban J connectivity index is 1.48. The van der Waals surface area contributed by atoms with Crippen LogP contribution in [-0.2, 0) is 10.0 Å². The van der Waals surface area contributed by atoms with Gasteiger partial charge in [-0.15, -0.1) is 10.2 Å². The monoisotopic (exact) mass is 502 g/mol. The number of hydrogen-bond donors (Lipinski definition) is 0. The summed E-state index contributed by atoms with van der Waals surface area (Å²) in [4.78, 5) is 2.15. The molecule has 0 spiro atoms. The Kier molecular flexibility index (Phi) is 7.55. The molecule has 0 atom stereocenters. The molecular weight excluding hydrogens is 476 g/mol. The minimum absolute atomic E-state index is 0.123. The van der Waals surface area contributed by atoms with Gasteiger partial charge in [0.25, 0.3) is 0 Å². The van der Waals surface area contributed by atoms with Crippen LogP contribution in [0, 0.1) is 0 Å². The number of piperazine rings is 1. The second kappa shape index (κ2) is 10.6. The van der Waals surface area contributed by atoms with Crippen LogP contribution >= 0.6 is 11.6 Å². The molecule has 0 N–H and O–H groups in total. The fraction of sp³-hybridized carbons (Fsp3) is 0.333. The summed E-state index contributed by atoms with van der Waals surface area (Å²) in [5, 5.41) is 9.28. The standard InChI is InChI=1S/C24H27ClN4O4S/c1-3-32-18-9-11-22(33-4-2)23(17-18)34(30,31)29-15-13-28(14-16-29)24-12-10-21(26-27-24)19-7-5-6-8-20(19)25/h5-12,17H,3-4,13-16H2,1-2H3. The smallest absolute Gasteiger partial charge is 0.247 e. The third-order valence-electron chi connectivity index (χ3n) is 5.51. The van der Waals surface area contributed by atoms with Gasteiger partial charge in [0.2, 0.25) is 10.0 Å². The number of rotatable bonds is 8. The molecule has 0 aliphatic carbocycles. The van der Waals surface area contributed by atoms with Crippen molar-refractivity contribution in [2.75, 3.05) is 44.3 Å². The molecule has 180 valence electrons. The van der Waals surface area contributed by atoms with Crippen LogP contribution in [0.2, 0.25) is 5.02 Å². The number of halogens is 1. The summed E-state index contributed by atoms with van der Waals surface area (Å²) in [7, 11) is -3.76. The first kappa shape index (κ1) is 24.3. The van der Waals surface area contributed by atoms with E-state index in [1.807, 2.05) is 55.1 Å². The Labute approximate surface area is 205 Å². The molecule has 1 aromatic heterocycles. The van der Waals surface area contributed by atoms with Crippen LogP contribution in [0.1, 0.15) is 13.8 Å². The number of ether oxygens (including phenoxy) is 2. The molecule has 3 aromatic rings. The lowest BCUT2D eigenvalue weighted by Gasteiger charge is -2.34. The Morgan fingerprint density at radius 3 is 2.29 bits per heavy atom. The maximum atomic E-state index is 13.4. The molecule has 1 aliphatic heterocycles. The third-order valence-corrected chi connectivity index (χ3v) is 7.76. The summed E-state index contributed by atoms with van der Waals surface area (Å²) in [5.41, 5.74) is 1.51. The third kappa shape index (κ3) is 5.11. The minimum Gasteiger partial charge on any atom is -0.494 e. The average Bonchev–Trinajstić information content (AvgIpc) is 2.86. The molecule has 0 bridgehead atoms. The predicted molar refractivity (Wildman–Crippen MR) is 132 cm³/mol. The lowest BCUT2D eigenvalue weighted by atomic mass is 10.1. The summed E-state index contributed by atoms with van der Waals surface area (Å²) in [6, 6.07) is 16.1. The number of nitrogens with zero attached hydrogens (tertiary/aromatic N) is 4. The summed E-state index contributed by atoms with van der Waals surface area (Å²) in [6.07, 6.45) is 0. The van der Waals surface area contributed by atoms with Gasteiger partial charge in [-0.1, -0.05) is 29.8 Å². The predicted octanol–water partition coefficient (Wildman–Crippen LogP) is 4.11. The first-order valence-corrected chi connectivity index (χ1v) is 13.0. The van der Waals surface area contributed by atoms with Gasteiger partial charge in [-0.3, -0.25) is 0 Å². The summed E-state index contributed by atoms with van der Waals surface area (Å²) in [5.74, 6) is 1.52. The zero-order chi connectivity index (χ0) is 24.1. The van der Waals surface area contributed by atoms with Crippen molar-refractivity contribution >= 4 is 27.4 Å². The fourth-order valence-electron chi connectivity index (χ4n) is 3.82. The molecule has 4 rings (SSSR count). The highest BCUT2D eigenvalue weighted by Crippen LogP contribution is 2.32. The molecule has 0 radical (unpaired) electrons. The first-order valence-electron chi connectivity index (χ1n) is 11.2. The fourth-order valence-corrected chi connectivity index (χ4v) is 5.63. The molecule has 34 heavy (non-hydrogen) atoms. The van der Waals surface area contributed by atoms with Gasteiger partial charge in [0, 0.05) is 37.8 Å². The summed E-state index contributed by atoms with van der Waals surface area (Å²) < 4.78 is 39.5. The van der Waals surface area contributed by atoms with E-state index >= 15 is 0 Å². The normalized spacial score (nSPS) is 14.7. The number of sulfonamides is 1. The highest BCUT2D eigenvalue weighted by atomic mass is 35.5. The van der Waals surface area contributed by atoms with Gasteiger partial charge >= 0.3 is 0 Å². The van der Waals surface area contributed by atoms with E-state index in [0.717, 1.165) is 5.56 Å². The number of hydrogen-bond acceptors (Lipinski definition) is 7. The van der Waals surface area contributed by atoms with E-state index in [2.05, 4.69) is 10.2 Å². The van der Waals surface area contributed by atoms with Crippen LogP contribution in [0.5, 0.6) is 11.5 Å². The van der Waals surface area contributed by atoms with Gasteiger partial charge in [-0.2, -0.15) is 4.31 Å². The van der Waals surface area contributed by atoms with Crippen LogP contribution in [0.3, 0.4) is 0 Å². The van der Waals surface area contributed by atoms with E-state index in [0.29, 0.717) is 67.4 Å². The molecule has 1 saturated heterocycles. The topological polar surface area (TPSA) is 84.9 Å². The van der Waals surface area contributed by atoms with E-state index in [1.165, 1.54) is 10.4 Å². The van der Waals surface area contributed by atoms with Crippen molar-refractivity contribution in [2.45, 2.75) is 18.7 Å². The summed E-state index contributed by atoms with van der Waals surface area (Å²) in [6.45, 7) is 6.12. The van der Waals surface area contributed by atoms with Crippen molar-refractivity contribution < 1.29 is 17.9 Å². The van der Waals surface area contributed by atoms with Gasteiger partial charge < -0.3 is 14.4 Å². The average molecular weight is 503 g/mol. The maximum absolute atomic E-state index is 13.4. The Bertz CT molecular complexity index is 1230. The molecule has 0 unspecified atom stereocenters. The number of benzene rings is 2. The van der Waals surface area contributed by atoms with E-state index < -0.39 is 10.0 Å². The highest BCUT2D eigenvalue weighted by molar-refractivity contribution is 7.89. The second-order valence-corrected chi connectivity index (χ2v) is 9.94. The van der Waals surface area contributed by atoms with Crippen molar-refractivity contribution in [3.63, 3.8) is 0 Å². The Morgan fingerprint density at radius 2 is 1.65 bits per heavy atom. The van der Waals surface area contributed by atoms with Crippen LogP contribution < -0.4 is 14.4 Å². The van der Waals surface area contributed by atoms with Crippen molar-refractivity contribution in [1.29, 1.82) is 0 Å². The van der Waals surface area contributed by atoms with Gasteiger partial charge in [0.15, 0.2) is 5.82 Å². The zero-order valence-electron chi connectivity index (χ0n) is 19.1. The highest BCUT2D eigenvalue weighted by Gasteiger charge is 2.32. The van der Waals surface area contributed by atoms with E-state index in [1.54, 1.807) is 12.1 Å². The van der Waals surface area contributed by atoms with Crippen LogP contribution in [-0.4, -0.2) is 62.3 Å². The molecule has 2 heterocycles. The Morgan fingerprint density at radius 1 is 0.912 bits per heavy atom. The second-order valence-electron chi connectivity index (χ2n) is 7.62. The van der Waals surface area contributed by atoms with Gasteiger partial charge in [0.1, 0.15) is 16.4 Å². The molecule has 1 aliphatic rings. The van der Waals surface area contributed by atoms with Gasteiger partial charge in [0.05, 0.1) is 23.9 Å². The SMILES string of the molecule is CCOc1ccc(OCC)c(S(=O)(=O)N2CCN(c3ccc(-c4ccccc4Cl)nn3)CC2)c1. The molecule has 2 aromatic carbocycles. The summed E-state index contributed by atoms with van der Waals surface area (Å²) >= 11 is 6.26. The molecule has 0 amide bonds. The van der Waals surface area contributed by atoms with E-state index in [-0.39, 0.29) is 4.90 Å². The zero-order valence-corrected chi connectivity index (χ0v) is 20.7. The van der Waals surface area contributed by atoms with E-state index in [9.17, 15) is 8.42 Å². The van der Waals surface area contributed by atoms with E-state index in [4.69, 9.17) is 21.1 Å². The molecule has 8 nitrogen and oxygen atoms in total. The van der Waals surface area contributed by atoms with Crippen molar-refractivity contribution in [2.24, 2.45) is 0 Å². The van der Waals surface area contributed by atoms with Crippen LogP contribution in [0.4, 0.5) is 5.82 Å². The van der Waals surface area contributed by atoms with Crippen molar-refractivity contribution in [3.05, 3.63) is 59.6 Å². The van der Waals surface area contributed by atoms with Crippen LogP contribution in [0.15, 0.2) is 59.5 Å². The largest absolute Gasteiger partial charge is 0.494 e. The first-order chi connectivity index (χ1) is 16.4. The van der Waals surface area contributed by atoms with Gasteiger partial charge in [-0.25, -0.2) is 8.42 Å². The number of anilines is 1. The maximum Gasteiger partial charge on any atom is 0.247 e.